The molecule has 1 N–H and O–H groups in total. The number of hydrogen-bond donors (Lipinski definition) is 1. The molecule has 0 aliphatic heterocycles. The summed E-state index contributed by atoms with van der Waals surface area (Å²) < 4.78 is 12.3. The van der Waals surface area contributed by atoms with Crippen molar-refractivity contribution in [2.24, 2.45) is 0 Å². The lowest BCUT2D eigenvalue weighted by atomic mass is 9.96. The van der Waals surface area contributed by atoms with Crippen molar-refractivity contribution < 1.29 is 14.1 Å². The van der Waals surface area contributed by atoms with Crippen molar-refractivity contribution in [3.8, 4) is 34.0 Å². The molecule has 0 radical (unpaired) electrons. The van der Waals surface area contributed by atoms with Gasteiger partial charge in [0.25, 0.3) is 5.56 Å². The van der Waals surface area contributed by atoms with Crippen molar-refractivity contribution in [3.63, 3.8) is 0 Å². The Balaban J connectivity index is 1.31. The molecular formula is C35H34N4O5. The van der Waals surface area contributed by atoms with E-state index in [1.807, 2.05) is 79.7 Å². The molecule has 0 bridgehead atoms. The fourth-order valence-electron chi connectivity index (χ4n) is 5.81. The van der Waals surface area contributed by atoms with Gasteiger partial charge in [-0.2, -0.15) is 0 Å². The van der Waals surface area contributed by atoms with Crippen LogP contribution in [-0.4, -0.2) is 31.6 Å². The van der Waals surface area contributed by atoms with Crippen LogP contribution < -0.4 is 16.1 Å². The van der Waals surface area contributed by atoms with E-state index in [0.29, 0.717) is 54.3 Å². The molecule has 9 heteroatoms. The Hall–Kier alpha value is -5.05. The lowest BCUT2D eigenvalue weighted by molar-refractivity contribution is -0.123. The second-order valence-corrected chi connectivity index (χ2v) is 11.0. The van der Waals surface area contributed by atoms with Crippen LogP contribution in [0.25, 0.3) is 28.2 Å². The molecule has 3 aromatic carbocycles. The van der Waals surface area contributed by atoms with Crippen LogP contribution in [0.1, 0.15) is 62.2 Å². The average molecular weight is 591 g/mol. The predicted molar refractivity (Wildman–Crippen MR) is 167 cm³/mol. The number of rotatable bonds is 10. The lowest BCUT2D eigenvalue weighted by Crippen LogP contribution is -2.29. The van der Waals surface area contributed by atoms with E-state index in [4.69, 9.17) is 14.2 Å². The van der Waals surface area contributed by atoms with Gasteiger partial charge in [-0.1, -0.05) is 74.0 Å². The maximum Gasteiger partial charge on any atom is 0.439 e. The van der Waals surface area contributed by atoms with Crippen LogP contribution in [0.3, 0.4) is 0 Å². The normalized spacial score (nSPS) is 14.7. The summed E-state index contributed by atoms with van der Waals surface area (Å²) in [6.45, 7) is 4.09. The fourth-order valence-corrected chi connectivity index (χ4v) is 5.81. The zero-order chi connectivity index (χ0) is 30.6. The Labute approximate surface area is 254 Å². The van der Waals surface area contributed by atoms with Gasteiger partial charge in [0, 0.05) is 30.4 Å². The van der Waals surface area contributed by atoms with Crippen molar-refractivity contribution in [3.05, 3.63) is 116 Å². The van der Waals surface area contributed by atoms with E-state index in [9.17, 15) is 14.4 Å². The molecule has 1 atom stereocenters. The minimum atomic E-state index is -0.605. The van der Waals surface area contributed by atoms with E-state index in [-0.39, 0.29) is 17.4 Å². The second-order valence-electron chi connectivity index (χ2n) is 11.0. The number of hydrogen-bond acceptors (Lipinski definition) is 7. The number of nitrogens with zero attached hydrogens (tertiary/aromatic N) is 3. The van der Waals surface area contributed by atoms with E-state index < -0.39 is 5.76 Å². The molecule has 224 valence electrons. The summed E-state index contributed by atoms with van der Waals surface area (Å²) in [5.74, 6) is 1.23. The number of carbonyl (C=O) groups excluding carboxylic acids is 1. The van der Waals surface area contributed by atoms with E-state index in [1.54, 1.807) is 4.57 Å². The third kappa shape index (κ3) is 5.90. The van der Waals surface area contributed by atoms with E-state index in [1.165, 1.54) is 0 Å². The minimum Gasteiger partial charge on any atom is -0.483 e. The molecule has 1 unspecified atom stereocenters. The van der Waals surface area contributed by atoms with Crippen LogP contribution >= 0.6 is 0 Å². The predicted octanol–water partition coefficient (Wildman–Crippen LogP) is 5.85. The Morgan fingerprint density at radius 2 is 1.70 bits per heavy atom. The first-order valence-electron chi connectivity index (χ1n) is 15.1. The van der Waals surface area contributed by atoms with Crippen molar-refractivity contribution >= 4 is 5.78 Å². The van der Waals surface area contributed by atoms with Gasteiger partial charge in [-0.25, -0.2) is 9.78 Å². The molecular weight excluding hydrogens is 556 g/mol. The van der Waals surface area contributed by atoms with E-state index in [0.717, 1.165) is 47.2 Å². The van der Waals surface area contributed by atoms with Crippen LogP contribution in [0.15, 0.2) is 86.9 Å². The van der Waals surface area contributed by atoms with E-state index >= 15 is 0 Å². The number of ketones is 1. The standard InChI is InChI=1S/C35H34N4O5/c1-3-8-29-28(21-22-13-15-23(16-14-22)26-9-5-6-10-27(26)33-37-35(42)44-38-33)34(41)39(32(4-2)36-29)24-17-19-25(20-18-24)43-31-12-7-11-30(31)40/h5-6,9-10,13-20,31H,3-4,7-8,11-12,21H2,1-2H3,(H,37,38,42). The first-order chi connectivity index (χ1) is 21.4. The Morgan fingerprint density at radius 3 is 2.34 bits per heavy atom. The number of benzene rings is 3. The first-order valence-corrected chi connectivity index (χ1v) is 15.1. The number of carbonyl (C=O) groups is 1. The van der Waals surface area contributed by atoms with Gasteiger partial charge in [-0.05, 0) is 60.2 Å². The third-order valence-corrected chi connectivity index (χ3v) is 8.02. The summed E-state index contributed by atoms with van der Waals surface area (Å²) in [5.41, 5.74) is 5.72. The maximum atomic E-state index is 14.1. The number of H-pyrrole nitrogens is 1. The van der Waals surface area contributed by atoms with Gasteiger partial charge >= 0.3 is 5.76 Å². The Bertz CT molecular complexity index is 1900. The highest BCUT2D eigenvalue weighted by atomic mass is 16.5. The van der Waals surface area contributed by atoms with Gasteiger partial charge in [-0.3, -0.25) is 23.7 Å². The SMILES string of the molecule is CCCc1nc(CC)n(-c2ccc(OC3CCCC3=O)cc2)c(=O)c1Cc1ccc(-c2ccccc2-c2noc(=O)[nH]2)cc1. The van der Waals surface area contributed by atoms with Crippen LogP contribution in [0, 0.1) is 0 Å². The van der Waals surface area contributed by atoms with Crippen LogP contribution in [0.4, 0.5) is 0 Å². The molecule has 1 saturated carbocycles. The molecule has 2 aromatic heterocycles. The van der Waals surface area contributed by atoms with Gasteiger partial charge in [0.2, 0.25) is 0 Å². The fraction of sp³-hybridized carbons (Fsp3) is 0.286. The number of Topliss-reactive ketones (excluding diaryl/α,β-unsaturated/α-hetero) is 1. The molecule has 9 nitrogen and oxygen atoms in total. The number of aryl methyl sites for hydroxylation is 2. The van der Waals surface area contributed by atoms with Gasteiger partial charge in [-0.15, -0.1) is 0 Å². The molecule has 6 rings (SSSR count). The largest absolute Gasteiger partial charge is 0.483 e. The lowest BCUT2D eigenvalue weighted by Gasteiger charge is -2.18. The van der Waals surface area contributed by atoms with Gasteiger partial charge in [0.05, 0.1) is 11.4 Å². The summed E-state index contributed by atoms with van der Waals surface area (Å²) >= 11 is 0. The topological polar surface area (TPSA) is 120 Å². The Morgan fingerprint density at radius 1 is 0.955 bits per heavy atom. The van der Waals surface area contributed by atoms with E-state index in [2.05, 4.69) is 17.1 Å². The highest BCUT2D eigenvalue weighted by molar-refractivity contribution is 5.85. The minimum absolute atomic E-state index is 0.0793. The number of ether oxygens (including phenoxy) is 1. The smallest absolute Gasteiger partial charge is 0.439 e. The van der Waals surface area contributed by atoms with Crippen LogP contribution in [0.5, 0.6) is 5.75 Å². The third-order valence-electron chi connectivity index (χ3n) is 8.02. The highest BCUT2D eigenvalue weighted by Gasteiger charge is 2.26. The summed E-state index contributed by atoms with van der Waals surface area (Å²) in [6, 6.07) is 23.0. The molecule has 1 aliphatic rings. The van der Waals surface area contributed by atoms with Crippen molar-refractivity contribution in [2.45, 2.75) is 64.9 Å². The summed E-state index contributed by atoms with van der Waals surface area (Å²) in [4.78, 5) is 45.3. The van der Waals surface area contributed by atoms with Crippen molar-refractivity contribution in [1.29, 1.82) is 0 Å². The number of aromatic nitrogens is 4. The summed E-state index contributed by atoms with van der Waals surface area (Å²) in [7, 11) is 0. The molecule has 2 heterocycles. The number of nitrogens with one attached hydrogen (secondary N) is 1. The zero-order valence-electron chi connectivity index (χ0n) is 24.8. The second kappa shape index (κ2) is 12.7. The summed E-state index contributed by atoms with van der Waals surface area (Å²) in [6.07, 6.45) is 4.40. The van der Waals surface area contributed by atoms with Gasteiger partial charge < -0.3 is 4.74 Å². The number of aromatic amines is 1. The van der Waals surface area contributed by atoms with Gasteiger partial charge in [0.1, 0.15) is 11.6 Å². The molecule has 1 fully saturated rings. The molecule has 0 spiro atoms. The monoisotopic (exact) mass is 590 g/mol. The van der Waals surface area contributed by atoms with Gasteiger partial charge in [0.15, 0.2) is 17.7 Å². The molecule has 0 amide bonds. The molecule has 5 aromatic rings. The Kier molecular flexibility index (Phi) is 8.36. The van der Waals surface area contributed by atoms with Crippen LogP contribution in [0.2, 0.25) is 0 Å². The quantitative estimate of drug-likeness (QED) is 0.217. The highest BCUT2D eigenvalue weighted by Crippen LogP contribution is 2.30. The molecule has 1 aliphatic carbocycles. The van der Waals surface area contributed by atoms with Crippen molar-refractivity contribution in [1.82, 2.24) is 19.7 Å². The molecule has 44 heavy (non-hydrogen) atoms. The first kappa shape index (κ1) is 29.0. The zero-order valence-corrected chi connectivity index (χ0v) is 24.8. The molecule has 0 saturated heterocycles. The maximum absolute atomic E-state index is 14.1. The van der Waals surface area contributed by atoms with Crippen molar-refractivity contribution in [2.75, 3.05) is 0 Å². The average Bonchev–Trinajstić information content (AvgIpc) is 3.67. The van der Waals surface area contributed by atoms with Crippen LogP contribution in [-0.2, 0) is 24.1 Å². The summed E-state index contributed by atoms with van der Waals surface area (Å²) in [5, 5.41) is 3.85.